The number of hydrogen-bond donors (Lipinski definition) is 3. The minimum atomic E-state index is -0.397. The molecule has 0 saturated heterocycles. The number of carbonyl (C=O) groups excluding carboxylic acids is 2. The number of hydrogen-bond acceptors (Lipinski definition) is 2. The molecule has 0 saturated carbocycles. The Kier molecular flexibility index (Phi) is 2.66. The fourth-order valence-electron chi connectivity index (χ4n) is 2.85. The zero-order chi connectivity index (χ0) is 15.3. The lowest BCUT2D eigenvalue weighted by molar-refractivity contribution is -0.110. The van der Waals surface area contributed by atoms with Crippen LogP contribution in [-0.2, 0) is 11.2 Å². The number of H-pyrrole nitrogens is 1. The van der Waals surface area contributed by atoms with Crippen molar-refractivity contribution in [2.75, 3.05) is 11.9 Å². The van der Waals surface area contributed by atoms with Crippen LogP contribution in [0.15, 0.2) is 24.3 Å². The summed E-state index contributed by atoms with van der Waals surface area (Å²) in [6, 6.07) is 5.88. The SMILES string of the molecule is O=C1Nc2ccc(F)cc2C1=Cc1cc2c([nH]1)CCNC2=O. The average molecular weight is 297 g/mol. The second kappa shape index (κ2) is 4.56. The Bertz CT molecular complexity index is 851. The smallest absolute Gasteiger partial charge is 0.256 e. The summed E-state index contributed by atoms with van der Waals surface area (Å²) in [6.07, 6.45) is 2.37. The Morgan fingerprint density at radius 3 is 2.77 bits per heavy atom. The van der Waals surface area contributed by atoms with E-state index in [0.717, 1.165) is 12.1 Å². The quantitative estimate of drug-likeness (QED) is 0.704. The topological polar surface area (TPSA) is 74.0 Å². The summed E-state index contributed by atoms with van der Waals surface area (Å²) in [5.41, 5.74) is 3.61. The zero-order valence-electron chi connectivity index (χ0n) is 11.5. The first kappa shape index (κ1) is 12.8. The van der Waals surface area contributed by atoms with Gasteiger partial charge in [-0.05, 0) is 30.3 Å². The summed E-state index contributed by atoms with van der Waals surface area (Å²) in [5.74, 6) is -0.798. The molecule has 1 aromatic heterocycles. The molecule has 1 aromatic carbocycles. The summed E-state index contributed by atoms with van der Waals surface area (Å²) in [4.78, 5) is 27.0. The van der Waals surface area contributed by atoms with Crippen molar-refractivity contribution in [3.05, 3.63) is 52.6 Å². The van der Waals surface area contributed by atoms with E-state index in [9.17, 15) is 14.0 Å². The van der Waals surface area contributed by atoms with Crippen LogP contribution in [0, 0.1) is 5.82 Å². The number of halogens is 1. The minimum Gasteiger partial charge on any atom is -0.358 e. The van der Waals surface area contributed by atoms with Gasteiger partial charge >= 0.3 is 0 Å². The van der Waals surface area contributed by atoms with Crippen LogP contribution in [0.3, 0.4) is 0 Å². The molecule has 0 unspecified atom stereocenters. The molecule has 2 aromatic rings. The molecule has 0 fully saturated rings. The van der Waals surface area contributed by atoms with Crippen LogP contribution in [0.4, 0.5) is 10.1 Å². The van der Waals surface area contributed by atoms with E-state index in [1.807, 2.05) is 0 Å². The second-order valence-electron chi connectivity index (χ2n) is 5.32. The lowest BCUT2D eigenvalue weighted by Crippen LogP contribution is -2.31. The zero-order valence-corrected chi connectivity index (χ0v) is 11.5. The van der Waals surface area contributed by atoms with Gasteiger partial charge in [-0.15, -0.1) is 0 Å². The van der Waals surface area contributed by atoms with Crippen molar-refractivity contribution in [2.24, 2.45) is 0 Å². The maximum Gasteiger partial charge on any atom is 0.256 e. The minimum absolute atomic E-state index is 0.121. The molecule has 3 N–H and O–H groups in total. The van der Waals surface area contributed by atoms with Gasteiger partial charge in [0.25, 0.3) is 11.8 Å². The third kappa shape index (κ3) is 1.92. The van der Waals surface area contributed by atoms with E-state index in [-0.39, 0.29) is 11.8 Å². The molecule has 22 heavy (non-hydrogen) atoms. The highest BCUT2D eigenvalue weighted by Gasteiger charge is 2.25. The predicted octanol–water partition coefficient (Wildman–Crippen LogP) is 1.93. The van der Waals surface area contributed by atoms with Crippen molar-refractivity contribution in [1.82, 2.24) is 10.3 Å². The largest absolute Gasteiger partial charge is 0.358 e. The van der Waals surface area contributed by atoms with Crippen LogP contribution in [0.1, 0.15) is 27.3 Å². The maximum absolute atomic E-state index is 13.4. The van der Waals surface area contributed by atoms with Crippen molar-refractivity contribution >= 4 is 29.2 Å². The fourth-order valence-corrected chi connectivity index (χ4v) is 2.85. The molecule has 0 radical (unpaired) electrons. The molecule has 4 rings (SSSR count). The van der Waals surface area contributed by atoms with Crippen molar-refractivity contribution < 1.29 is 14.0 Å². The van der Waals surface area contributed by atoms with Gasteiger partial charge in [-0.25, -0.2) is 4.39 Å². The van der Waals surface area contributed by atoms with Crippen LogP contribution in [0.5, 0.6) is 0 Å². The first-order chi connectivity index (χ1) is 10.6. The maximum atomic E-state index is 13.4. The van der Waals surface area contributed by atoms with Gasteiger partial charge in [0.05, 0.1) is 11.1 Å². The summed E-state index contributed by atoms with van der Waals surface area (Å²) in [5, 5.41) is 5.47. The molecule has 2 aliphatic heterocycles. The van der Waals surface area contributed by atoms with Gasteiger partial charge in [-0.3, -0.25) is 9.59 Å². The Labute approximate surface area is 125 Å². The summed E-state index contributed by atoms with van der Waals surface area (Å²) in [6.45, 7) is 0.594. The lowest BCUT2D eigenvalue weighted by Gasteiger charge is -2.10. The first-order valence-corrected chi connectivity index (χ1v) is 6.95. The van der Waals surface area contributed by atoms with Gasteiger partial charge in [-0.1, -0.05) is 0 Å². The van der Waals surface area contributed by atoms with Gasteiger partial charge < -0.3 is 15.6 Å². The number of carbonyl (C=O) groups is 2. The van der Waals surface area contributed by atoms with Crippen LogP contribution in [0.2, 0.25) is 0 Å². The number of fused-ring (bicyclic) bond motifs is 2. The highest BCUT2D eigenvalue weighted by molar-refractivity contribution is 6.34. The Morgan fingerprint density at radius 2 is 1.95 bits per heavy atom. The van der Waals surface area contributed by atoms with Crippen molar-refractivity contribution in [3.8, 4) is 0 Å². The molecule has 2 aliphatic rings. The first-order valence-electron chi connectivity index (χ1n) is 6.95. The standard InChI is InChI=1S/C16H12FN3O2/c17-8-1-2-13-10(5-8)11(16(22)20-13)6-9-7-12-14(19-9)3-4-18-15(12)21/h1-2,5-7,19H,3-4H2,(H,18,21)(H,20,22). The summed E-state index contributed by atoms with van der Waals surface area (Å²) >= 11 is 0. The van der Waals surface area contributed by atoms with Crippen LogP contribution in [-0.4, -0.2) is 23.3 Å². The Balaban J connectivity index is 1.79. The number of nitrogens with one attached hydrogen (secondary N) is 3. The van der Waals surface area contributed by atoms with E-state index in [0.29, 0.717) is 34.6 Å². The monoisotopic (exact) mass is 297 g/mol. The Morgan fingerprint density at radius 1 is 1.09 bits per heavy atom. The van der Waals surface area contributed by atoms with E-state index < -0.39 is 5.82 Å². The highest BCUT2D eigenvalue weighted by atomic mass is 19.1. The molecule has 0 spiro atoms. The van der Waals surface area contributed by atoms with E-state index >= 15 is 0 Å². The fraction of sp³-hybridized carbons (Fsp3) is 0.125. The van der Waals surface area contributed by atoms with Crippen molar-refractivity contribution in [3.63, 3.8) is 0 Å². The van der Waals surface area contributed by atoms with Crippen LogP contribution < -0.4 is 10.6 Å². The Hall–Kier alpha value is -2.89. The van der Waals surface area contributed by atoms with Crippen molar-refractivity contribution in [1.29, 1.82) is 0 Å². The number of amides is 2. The number of rotatable bonds is 1. The van der Waals surface area contributed by atoms with E-state index in [1.54, 1.807) is 12.1 Å². The number of aromatic amines is 1. The molecule has 0 atom stereocenters. The molecule has 2 amide bonds. The molecule has 5 nitrogen and oxygen atoms in total. The molecule has 3 heterocycles. The molecule has 0 aliphatic carbocycles. The average Bonchev–Trinajstić information content (AvgIpc) is 3.03. The van der Waals surface area contributed by atoms with Crippen molar-refractivity contribution in [2.45, 2.75) is 6.42 Å². The predicted molar refractivity (Wildman–Crippen MR) is 79.7 cm³/mol. The molecular formula is C16H12FN3O2. The highest BCUT2D eigenvalue weighted by Crippen LogP contribution is 2.33. The number of anilines is 1. The van der Waals surface area contributed by atoms with Gasteiger partial charge in [-0.2, -0.15) is 0 Å². The number of aromatic nitrogens is 1. The number of benzene rings is 1. The van der Waals surface area contributed by atoms with Gasteiger partial charge in [0, 0.05) is 35.6 Å². The van der Waals surface area contributed by atoms with Gasteiger partial charge in [0.15, 0.2) is 0 Å². The van der Waals surface area contributed by atoms with E-state index in [2.05, 4.69) is 15.6 Å². The molecular weight excluding hydrogens is 285 g/mol. The molecule has 110 valence electrons. The molecule has 6 heteroatoms. The van der Waals surface area contributed by atoms with Crippen LogP contribution in [0.25, 0.3) is 11.6 Å². The second-order valence-corrected chi connectivity index (χ2v) is 5.32. The van der Waals surface area contributed by atoms with Crippen LogP contribution >= 0.6 is 0 Å². The van der Waals surface area contributed by atoms with Gasteiger partial charge in [0.2, 0.25) is 0 Å². The molecule has 0 bridgehead atoms. The third-order valence-corrected chi connectivity index (χ3v) is 3.89. The third-order valence-electron chi connectivity index (χ3n) is 3.89. The summed E-state index contributed by atoms with van der Waals surface area (Å²) < 4.78 is 13.4. The lowest BCUT2D eigenvalue weighted by atomic mass is 10.1. The van der Waals surface area contributed by atoms with E-state index in [4.69, 9.17) is 0 Å². The van der Waals surface area contributed by atoms with Gasteiger partial charge in [0.1, 0.15) is 5.82 Å². The summed E-state index contributed by atoms with van der Waals surface area (Å²) in [7, 11) is 0. The normalized spacial score (nSPS) is 18.0. The van der Waals surface area contributed by atoms with E-state index in [1.165, 1.54) is 18.2 Å².